The average Bonchev–Trinajstić information content (AvgIpc) is 2.78. The zero-order valence-electron chi connectivity index (χ0n) is 17.0. The predicted octanol–water partition coefficient (Wildman–Crippen LogP) is 7.37. The molecule has 0 aliphatic heterocycles. The molecule has 0 spiro atoms. The van der Waals surface area contributed by atoms with Crippen molar-refractivity contribution in [3.8, 4) is 11.1 Å². The molecule has 6 rings (SSSR count). The summed E-state index contributed by atoms with van der Waals surface area (Å²) < 4.78 is 0. The van der Waals surface area contributed by atoms with E-state index in [1.807, 2.05) is 0 Å². The number of fused-ring (bicyclic) bond motifs is 7. The van der Waals surface area contributed by atoms with Gasteiger partial charge >= 0.3 is 0 Å². The molecule has 0 aliphatic carbocycles. The van der Waals surface area contributed by atoms with Gasteiger partial charge in [-0.1, -0.05) is 54.6 Å². The number of hydrogen-bond acceptors (Lipinski definition) is 2. The van der Waals surface area contributed by atoms with Crippen molar-refractivity contribution >= 4 is 43.4 Å². The summed E-state index contributed by atoms with van der Waals surface area (Å²) >= 11 is 0. The Morgan fingerprint density at radius 3 is 1.77 bits per heavy atom. The second-order valence-corrected chi connectivity index (χ2v) is 8.03. The van der Waals surface area contributed by atoms with Crippen molar-refractivity contribution in [1.29, 1.82) is 0 Å². The van der Waals surface area contributed by atoms with Crippen LogP contribution in [0.2, 0.25) is 0 Å². The number of nitrogens with zero attached hydrogens (tertiary/aromatic N) is 2. The Balaban J connectivity index is 1.83. The Bertz CT molecular complexity index is 1610. The van der Waals surface area contributed by atoms with Crippen molar-refractivity contribution in [1.82, 2.24) is 9.97 Å². The molecule has 0 unspecified atom stereocenters. The predicted molar refractivity (Wildman–Crippen MR) is 127 cm³/mol. The maximum atomic E-state index is 4.76. The van der Waals surface area contributed by atoms with E-state index in [4.69, 9.17) is 9.97 Å². The van der Waals surface area contributed by atoms with Gasteiger partial charge in [0.1, 0.15) is 0 Å². The van der Waals surface area contributed by atoms with Gasteiger partial charge in [0.25, 0.3) is 0 Å². The number of benzene rings is 5. The topological polar surface area (TPSA) is 25.8 Å². The summed E-state index contributed by atoms with van der Waals surface area (Å²) in [6.07, 6.45) is 3.58. The quantitative estimate of drug-likeness (QED) is 0.218. The van der Waals surface area contributed by atoms with Gasteiger partial charge in [-0.15, -0.1) is 0 Å². The SMILES string of the molecule is Cc1ccccc1-c1cc2c(cc1C)c1cc3ccccc3cc1c1nccnc21. The van der Waals surface area contributed by atoms with E-state index < -0.39 is 0 Å². The van der Waals surface area contributed by atoms with Crippen LogP contribution in [0, 0.1) is 13.8 Å². The van der Waals surface area contributed by atoms with Crippen molar-refractivity contribution in [3.05, 3.63) is 96.3 Å². The normalized spacial score (nSPS) is 11.7. The van der Waals surface area contributed by atoms with Crippen LogP contribution < -0.4 is 0 Å². The number of aromatic nitrogens is 2. The minimum absolute atomic E-state index is 0.963. The zero-order valence-corrected chi connectivity index (χ0v) is 17.0. The number of aryl methyl sites for hydroxylation is 2. The van der Waals surface area contributed by atoms with Gasteiger partial charge in [0.15, 0.2) is 0 Å². The lowest BCUT2D eigenvalue weighted by atomic mass is 9.90. The van der Waals surface area contributed by atoms with E-state index in [9.17, 15) is 0 Å². The number of rotatable bonds is 1. The monoisotopic (exact) mass is 384 g/mol. The van der Waals surface area contributed by atoms with Crippen molar-refractivity contribution in [2.75, 3.05) is 0 Å². The summed E-state index contributed by atoms with van der Waals surface area (Å²) in [4.78, 5) is 9.51. The molecule has 0 bridgehead atoms. The molecule has 142 valence electrons. The van der Waals surface area contributed by atoms with Gasteiger partial charge in [-0.3, -0.25) is 9.97 Å². The van der Waals surface area contributed by atoms with Crippen LogP contribution in [-0.2, 0) is 0 Å². The summed E-state index contributed by atoms with van der Waals surface area (Å²) in [5.74, 6) is 0. The molecule has 1 aromatic heterocycles. The molecule has 1 heterocycles. The molecule has 0 N–H and O–H groups in total. The minimum atomic E-state index is 0.963. The van der Waals surface area contributed by atoms with E-state index in [1.54, 1.807) is 12.4 Å². The molecule has 0 saturated heterocycles. The molecule has 6 aromatic rings. The van der Waals surface area contributed by atoms with Gasteiger partial charge in [-0.2, -0.15) is 0 Å². The molecule has 0 aliphatic rings. The van der Waals surface area contributed by atoms with Crippen molar-refractivity contribution in [2.24, 2.45) is 0 Å². The summed E-state index contributed by atoms with van der Waals surface area (Å²) in [5, 5.41) is 7.26. The summed E-state index contributed by atoms with van der Waals surface area (Å²) in [5.41, 5.74) is 7.01. The van der Waals surface area contributed by atoms with Crippen LogP contribution in [-0.4, -0.2) is 9.97 Å². The molecule has 2 nitrogen and oxygen atoms in total. The van der Waals surface area contributed by atoms with E-state index in [0.717, 1.165) is 21.8 Å². The average molecular weight is 384 g/mol. The minimum Gasteiger partial charge on any atom is -0.252 e. The van der Waals surface area contributed by atoms with E-state index in [2.05, 4.69) is 86.6 Å². The summed E-state index contributed by atoms with van der Waals surface area (Å²) in [6, 6.07) is 26.3. The van der Waals surface area contributed by atoms with Gasteiger partial charge in [-0.05, 0) is 75.8 Å². The van der Waals surface area contributed by atoms with Gasteiger partial charge in [0.2, 0.25) is 0 Å². The third kappa shape index (κ3) is 2.44. The molecule has 0 fully saturated rings. The Morgan fingerprint density at radius 1 is 0.500 bits per heavy atom. The van der Waals surface area contributed by atoms with Crippen molar-refractivity contribution in [2.45, 2.75) is 13.8 Å². The van der Waals surface area contributed by atoms with Crippen LogP contribution in [0.1, 0.15) is 11.1 Å². The van der Waals surface area contributed by atoms with E-state index >= 15 is 0 Å². The van der Waals surface area contributed by atoms with Crippen molar-refractivity contribution < 1.29 is 0 Å². The third-order valence-corrected chi connectivity index (χ3v) is 6.18. The van der Waals surface area contributed by atoms with Crippen LogP contribution in [0.25, 0.3) is 54.5 Å². The molecule has 2 heteroatoms. The molecule has 0 radical (unpaired) electrons. The first-order valence-corrected chi connectivity index (χ1v) is 10.3. The summed E-state index contributed by atoms with van der Waals surface area (Å²) in [6.45, 7) is 4.37. The van der Waals surface area contributed by atoms with Gasteiger partial charge in [-0.25, -0.2) is 0 Å². The molecular weight excluding hydrogens is 364 g/mol. The largest absolute Gasteiger partial charge is 0.252 e. The second kappa shape index (κ2) is 6.36. The van der Waals surface area contributed by atoms with Gasteiger partial charge in [0, 0.05) is 23.2 Å². The Hall–Kier alpha value is -3.78. The molecule has 5 aromatic carbocycles. The maximum absolute atomic E-state index is 4.76. The highest BCUT2D eigenvalue weighted by Gasteiger charge is 2.15. The Labute approximate surface area is 174 Å². The highest BCUT2D eigenvalue weighted by Crippen LogP contribution is 2.39. The molecular formula is C28H20N2. The standard InChI is InChI=1S/C28H20N2/c1-17-7-3-6-10-21(17)22-16-26-23(13-18(22)2)24-14-19-8-4-5-9-20(19)15-25(24)27-28(26)30-12-11-29-27/h3-16H,1-2H3. The lowest BCUT2D eigenvalue weighted by molar-refractivity contribution is 1.31. The first kappa shape index (κ1) is 17.1. The van der Waals surface area contributed by atoms with Gasteiger partial charge < -0.3 is 0 Å². The fourth-order valence-corrected chi connectivity index (χ4v) is 4.68. The lowest BCUT2D eigenvalue weighted by Crippen LogP contribution is -1.92. The zero-order chi connectivity index (χ0) is 20.2. The Morgan fingerprint density at radius 2 is 1.07 bits per heavy atom. The highest BCUT2D eigenvalue weighted by atomic mass is 14.8. The van der Waals surface area contributed by atoms with E-state index in [0.29, 0.717) is 0 Å². The van der Waals surface area contributed by atoms with Crippen molar-refractivity contribution in [3.63, 3.8) is 0 Å². The van der Waals surface area contributed by atoms with Crippen LogP contribution >= 0.6 is 0 Å². The fourth-order valence-electron chi connectivity index (χ4n) is 4.68. The molecule has 0 atom stereocenters. The Kier molecular flexibility index (Phi) is 3.63. The van der Waals surface area contributed by atoms with Crippen LogP contribution in [0.15, 0.2) is 85.2 Å². The smallest absolute Gasteiger partial charge is 0.0971 e. The third-order valence-electron chi connectivity index (χ3n) is 6.18. The first-order valence-electron chi connectivity index (χ1n) is 10.3. The van der Waals surface area contributed by atoms with E-state index in [1.165, 1.54) is 43.8 Å². The molecule has 30 heavy (non-hydrogen) atoms. The van der Waals surface area contributed by atoms with E-state index in [-0.39, 0.29) is 0 Å². The van der Waals surface area contributed by atoms with Crippen LogP contribution in [0.3, 0.4) is 0 Å². The van der Waals surface area contributed by atoms with Crippen LogP contribution in [0.5, 0.6) is 0 Å². The highest BCUT2D eigenvalue weighted by molar-refractivity contribution is 6.25. The fraction of sp³-hybridized carbons (Fsp3) is 0.0714. The lowest BCUT2D eigenvalue weighted by Gasteiger charge is -2.15. The maximum Gasteiger partial charge on any atom is 0.0971 e. The summed E-state index contributed by atoms with van der Waals surface area (Å²) in [7, 11) is 0. The molecule has 0 saturated carbocycles. The molecule has 0 amide bonds. The first-order chi connectivity index (χ1) is 14.7. The number of hydrogen-bond donors (Lipinski definition) is 0. The van der Waals surface area contributed by atoms with Gasteiger partial charge in [0.05, 0.1) is 11.0 Å². The van der Waals surface area contributed by atoms with Crippen LogP contribution in [0.4, 0.5) is 0 Å². The second-order valence-electron chi connectivity index (χ2n) is 8.03.